The summed E-state index contributed by atoms with van der Waals surface area (Å²) in [4.78, 5) is 15.1. The molecule has 2 aliphatic rings. The highest BCUT2D eigenvalue weighted by Crippen LogP contribution is 2.53. The third kappa shape index (κ3) is 8.23. The van der Waals surface area contributed by atoms with Crippen LogP contribution < -0.4 is 9.80 Å². The smallest absolute Gasteiger partial charge is 0.137 e. The molecule has 0 spiro atoms. The van der Waals surface area contributed by atoms with Crippen LogP contribution in [0.1, 0.15) is 49.9 Å². The quantitative estimate of drug-likeness (QED) is 0.129. The van der Waals surface area contributed by atoms with Crippen molar-refractivity contribution in [1.29, 1.82) is 0 Å². The molecule has 0 radical (unpaired) electrons. The Kier molecular flexibility index (Phi) is 11.8. The molecule has 0 atom stereocenters. The fourth-order valence-electron chi connectivity index (χ4n) is 13.8. The van der Waals surface area contributed by atoms with Crippen molar-refractivity contribution in [1.82, 2.24) is 18.8 Å². The summed E-state index contributed by atoms with van der Waals surface area (Å²) >= 11 is 0. The number of anilines is 6. The van der Waals surface area contributed by atoms with Crippen LogP contribution in [0, 0.1) is 0 Å². The van der Waals surface area contributed by atoms with Gasteiger partial charge < -0.3 is 9.80 Å². The summed E-state index contributed by atoms with van der Waals surface area (Å²) < 4.78 is 4.41. The predicted molar refractivity (Wildman–Crippen MR) is 356 cm³/mol. The highest BCUT2D eigenvalue weighted by Gasteiger charge is 2.37. The SMILES string of the molecule is CC1(C)c2ccccc2-c2ccc(N(c3ccc(-c4ccc(N(c5ccc(-c6c(-c7ccccc7)nc7ccccn67)cc5)c5ccc6c(c5)C(C)(C)c5ccccc5-6)cc4)cc3)c3ccc(-c4c(-c5ccccc5)nc5ccccn45)cc3)cc21. The molecule has 4 heterocycles. The third-order valence-electron chi connectivity index (χ3n) is 18.2. The van der Waals surface area contributed by atoms with Crippen LogP contribution in [0.25, 0.3) is 89.7 Å². The standard InChI is InChI=1S/C80H60N6/c1-79(2)69-25-13-11-23-65(69)67-47-45-63(51-71(67)79)85(61-41-33-57(34-42-61)77-75(55-19-7-5-8-20-55)81-73-27-15-17-49-83(73)77)59-37-29-53(30-38-59)54-31-39-60(40-32-54)86(64-46-48-68-66-24-12-14-26-70(66)80(3,4)72(68)52-64)62-43-35-58(36-44-62)78-76(56-21-9-6-10-22-56)82-74-28-16-18-50-84(74)78/h5-52H,1-4H3. The fourth-order valence-corrected chi connectivity index (χ4v) is 13.8. The minimum atomic E-state index is -0.158. The van der Waals surface area contributed by atoms with Gasteiger partial charge in [0.2, 0.25) is 0 Å². The lowest BCUT2D eigenvalue weighted by atomic mass is 9.82. The zero-order chi connectivity index (χ0) is 57.7. The van der Waals surface area contributed by atoms with Crippen molar-refractivity contribution in [2.75, 3.05) is 9.80 Å². The molecule has 0 saturated carbocycles. The lowest BCUT2D eigenvalue weighted by Crippen LogP contribution is -2.16. The molecular formula is C80H60N6. The molecule has 10 aromatic carbocycles. The van der Waals surface area contributed by atoms with E-state index in [0.29, 0.717) is 0 Å². The van der Waals surface area contributed by atoms with Crippen molar-refractivity contribution in [3.05, 3.63) is 314 Å². The minimum Gasteiger partial charge on any atom is -0.310 e. The van der Waals surface area contributed by atoms with E-state index in [1.807, 2.05) is 0 Å². The maximum absolute atomic E-state index is 5.15. The topological polar surface area (TPSA) is 41.1 Å². The Labute approximate surface area is 501 Å². The van der Waals surface area contributed by atoms with Crippen LogP contribution in [0.2, 0.25) is 0 Å². The second kappa shape index (κ2) is 19.9. The molecule has 0 amide bonds. The summed E-state index contributed by atoms with van der Waals surface area (Å²) in [7, 11) is 0. The summed E-state index contributed by atoms with van der Waals surface area (Å²) in [5, 5.41) is 0. The molecular weight excluding hydrogens is 1040 g/mol. The number of aromatic nitrogens is 4. The first-order valence-corrected chi connectivity index (χ1v) is 29.7. The number of imidazole rings is 2. The molecule has 0 unspecified atom stereocenters. The van der Waals surface area contributed by atoms with E-state index in [4.69, 9.17) is 9.97 Å². The summed E-state index contributed by atoms with van der Waals surface area (Å²) in [6.45, 7) is 9.42. The van der Waals surface area contributed by atoms with Crippen molar-refractivity contribution in [2.45, 2.75) is 38.5 Å². The lowest BCUT2D eigenvalue weighted by molar-refractivity contribution is 0.660. The van der Waals surface area contributed by atoms with Crippen LogP contribution in [0.5, 0.6) is 0 Å². The average Bonchev–Trinajstić information content (AvgIpc) is 1.70. The maximum atomic E-state index is 5.15. The summed E-state index contributed by atoms with van der Waals surface area (Å²) in [5.41, 5.74) is 29.3. The van der Waals surface area contributed by atoms with Gasteiger partial charge in [-0.1, -0.05) is 210 Å². The van der Waals surface area contributed by atoms with Crippen LogP contribution in [0.4, 0.5) is 34.1 Å². The second-order valence-corrected chi connectivity index (χ2v) is 23.9. The van der Waals surface area contributed by atoms with Crippen molar-refractivity contribution in [3.63, 3.8) is 0 Å². The van der Waals surface area contributed by atoms with Gasteiger partial charge in [-0.25, -0.2) is 9.97 Å². The van der Waals surface area contributed by atoms with E-state index >= 15 is 0 Å². The van der Waals surface area contributed by atoms with Crippen LogP contribution >= 0.6 is 0 Å². The third-order valence-corrected chi connectivity index (χ3v) is 18.2. The highest BCUT2D eigenvalue weighted by molar-refractivity contribution is 5.91. The summed E-state index contributed by atoms with van der Waals surface area (Å²) in [6, 6.07) is 101. The molecule has 86 heavy (non-hydrogen) atoms. The lowest BCUT2D eigenvalue weighted by Gasteiger charge is -2.29. The van der Waals surface area contributed by atoms with Crippen molar-refractivity contribution in [2.24, 2.45) is 0 Å². The molecule has 4 aromatic heterocycles. The Balaban J connectivity index is 0.769. The van der Waals surface area contributed by atoms with Gasteiger partial charge in [0.05, 0.1) is 22.8 Å². The Hall–Kier alpha value is -10.8. The number of hydrogen-bond acceptors (Lipinski definition) is 4. The molecule has 410 valence electrons. The molecule has 0 bridgehead atoms. The van der Waals surface area contributed by atoms with E-state index in [-0.39, 0.29) is 10.8 Å². The predicted octanol–water partition coefficient (Wildman–Crippen LogP) is 20.9. The van der Waals surface area contributed by atoms with Gasteiger partial charge in [0.1, 0.15) is 11.3 Å². The van der Waals surface area contributed by atoms with E-state index in [1.54, 1.807) is 0 Å². The maximum Gasteiger partial charge on any atom is 0.137 e. The number of nitrogens with zero attached hydrogens (tertiary/aromatic N) is 6. The molecule has 0 N–H and O–H groups in total. The number of pyridine rings is 2. The molecule has 0 aliphatic heterocycles. The molecule has 6 heteroatoms. The number of fused-ring (bicyclic) bond motifs is 8. The molecule has 14 aromatic rings. The van der Waals surface area contributed by atoms with E-state index in [9.17, 15) is 0 Å². The Morgan fingerprint density at radius 3 is 0.965 bits per heavy atom. The number of rotatable bonds is 11. The van der Waals surface area contributed by atoms with Crippen LogP contribution in [0.15, 0.2) is 291 Å². The van der Waals surface area contributed by atoms with Gasteiger partial charge >= 0.3 is 0 Å². The zero-order valence-corrected chi connectivity index (χ0v) is 48.4. The van der Waals surface area contributed by atoms with E-state index < -0.39 is 0 Å². The highest BCUT2D eigenvalue weighted by atomic mass is 15.1. The summed E-state index contributed by atoms with van der Waals surface area (Å²) in [5.74, 6) is 0. The molecule has 2 aliphatic carbocycles. The van der Waals surface area contributed by atoms with Gasteiger partial charge in [-0.3, -0.25) is 8.80 Å². The molecule has 6 nitrogen and oxygen atoms in total. The van der Waals surface area contributed by atoms with E-state index in [0.717, 1.165) is 102 Å². The monoisotopic (exact) mass is 1100 g/mol. The van der Waals surface area contributed by atoms with Gasteiger partial charge in [0.15, 0.2) is 0 Å². The van der Waals surface area contributed by atoms with Gasteiger partial charge in [0, 0.05) is 79.6 Å². The van der Waals surface area contributed by atoms with Crippen LogP contribution in [0.3, 0.4) is 0 Å². The van der Waals surface area contributed by atoms with E-state index in [2.05, 4.69) is 338 Å². The Morgan fingerprint density at radius 1 is 0.267 bits per heavy atom. The van der Waals surface area contributed by atoms with Gasteiger partial charge in [-0.15, -0.1) is 0 Å². The van der Waals surface area contributed by atoms with Gasteiger partial charge in [0.25, 0.3) is 0 Å². The average molecular weight is 1110 g/mol. The first kappa shape index (κ1) is 50.9. The normalized spacial score (nSPS) is 13.3. The molecule has 0 saturated heterocycles. The van der Waals surface area contributed by atoms with Crippen LogP contribution in [-0.2, 0) is 10.8 Å². The first-order chi connectivity index (χ1) is 42.2. The van der Waals surface area contributed by atoms with E-state index in [1.165, 1.54) is 44.5 Å². The summed E-state index contributed by atoms with van der Waals surface area (Å²) in [6.07, 6.45) is 4.22. The Morgan fingerprint density at radius 2 is 0.581 bits per heavy atom. The first-order valence-electron chi connectivity index (χ1n) is 29.7. The van der Waals surface area contributed by atoms with Crippen molar-refractivity contribution in [3.8, 4) is 78.4 Å². The van der Waals surface area contributed by atoms with Gasteiger partial charge in [-0.05, 0) is 153 Å². The van der Waals surface area contributed by atoms with Crippen LogP contribution in [-0.4, -0.2) is 18.8 Å². The van der Waals surface area contributed by atoms with Crippen molar-refractivity contribution < 1.29 is 0 Å². The molecule has 0 fully saturated rings. The zero-order valence-electron chi connectivity index (χ0n) is 48.4. The fraction of sp³-hybridized carbons (Fsp3) is 0.0750. The van der Waals surface area contributed by atoms with Gasteiger partial charge in [-0.2, -0.15) is 0 Å². The number of benzene rings is 10. The number of hydrogen-bond donors (Lipinski definition) is 0. The second-order valence-electron chi connectivity index (χ2n) is 23.9. The van der Waals surface area contributed by atoms with Crippen molar-refractivity contribution >= 4 is 45.4 Å². The largest absolute Gasteiger partial charge is 0.310 e. The minimum absolute atomic E-state index is 0.158. The Bertz CT molecular complexity index is 4590. The molecule has 16 rings (SSSR count).